The Bertz CT molecular complexity index is 2460. The molecule has 0 radical (unpaired) electrons. The summed E-state index contributed by atoms with van der Waals surface area (Å²) in [5.74, 6) is -0.766. The summed E-state index contributed by atoms with van der Waals surface area (Å²) in [6.07, 6.45) is 10.4. The molecule has 9 rings (SSSR count). The molecular weight excluding hydrogens is 802 g/mol. The number of amides is 1. The van der Waals surface area contributed by atoms with Crippen LogP contribution < -0.4 is 9.64 Å². The smallest absolute Gasteiger partial charge is 0.319 e. The molecule has 0 saturated carbocycles. The summed E-state index contributed by atoms with van der Waals surface area (Å²) in [4.78, 5) is 37.0. The zero-order valence-electron chi connectivity index (χ0n) is 29.1. The number of rotatable bonds is 7. The predicted octanol–water partition coefficient (Wildman–Crippen LogP) is 7.17. The molecule has 0 aliphatic carbocycles. The molecule has 4 fully saturated rings. The highest BCUT2D eigenvalue weighted by Crippen LogP contribution is 2.43. The fraction of sp³-hybridized carbons (Fsp3) is 0.359. The minimum atomic E-state index is -0.990. The maximum Gasteiger partial charge on any atom is 0.319 e. The Morgan fingerprint density at radius 1 is 1.16 bits per heavy atom. The van der Waals surface area contributed by atoms with E-state index < -0.39 is 35.1 Å². The second-order valence-corrected chi connectivity index (χ2v) is 16.2. The van der Waals surface area contributed by atoms with Crippen molar-refractivity contribution in [2.24, 2.45) is 0 Å². The summed E-state index contributed by atoms with van der Waals surface area (Å²) < 4.78 is 68.8. The SMILES string of the molecule is C#Cc1c(F)ccc2cc(O)cc(-c3ncc4c(N5C[C@H]6CC[C@@H](C5)N6C(=O)/C(F)=C/c5nc(Br)cs5)nc(OC[C@@]56CCCN5C[C@H](F)C6)nc4c3F)c12. The number of hydrogen-bond acceptors (Lipinski definition) is 10. The molecule has 10 nitrogen and oxygen atoms in total. The number of aromatic hydroxyl groups is 1. The van der Waals surface area contributed by atoms with Gasteiger partial charge in [0.2, 0.25) is 0 Å². The Morgan fingerprint density at radius 2 is 1.96 bits per heavy atom. The van der Waals surface area contributed by atoms with Crippen molar-refractivity contribution in [2.75, 3.05) is 37.7 Å². The number of aromatic nitrogens is 4. The van der Waals surface area contributed by atoms with Gasteiger partial charge in [-0.25, -0.2) is 22.5 Å². The number of halogens is 5. The standard InChI is InChI=1S/C39H32BrF4N7O3S/c1-2-25-28(42)7-4-20-10-24(52)11-26(32(20)25)34-33(44)35-27(14-45-34)36(48-38(47-35)54-19-39-8-3-9-50(39)15-21(41)13-39)49-16-22-5-6-23(17-49)51(22)37(53)29(43)12-31-46-30(40)18-55-31/h1,4,7,10-12,14,18,21-23,52H,3,5-6,8-9,13,15-17,19H2/b29-12-/t21-,22-,23+,39+/m1/s1. The van der Waals surface area contributed by atoms with E-state index in [9.17, 15) is 18.7 Å². The highest BCUT2D eigenvalue weighted by Gasteiger charge is 2.50. The maximum atomic E-state index is 17.1. The minimum Gasteiger partial charge on any atom is -0.508 e. The third-order valence-corrected chi connectivity index (χ3v) is 12.8. The number of hydrogen-bond donors (Lipinski definition) is 1. The highest BCUT2D eigenvalue weighted by molar-refractivity contribution is 9.10. The summed E-state index contributed by atoms with van der Waals surface area (Å²) in [6, 6.07) is 4.42. The molecule has 3 aromatic heterocycles. The van der Waals surface area contributed by atoms with Gasteiger partial charge in [0, 0.05) is 54.7 Å². The van der Waals surface area contributed by atoms with Crippen LogP contribution in [-0.2, 0) is 4.79 Å². The average Bonchev–Trinajstić information content (AvgIpc) is 3.90. The highest BCUT2D eigenvalue weighted by atomic mass is 79.9. The van der Waals surface area contributed by atoms with Crippen molar-refractivity contribution in [3.05, 3.63) is 68.5 Å². The van der Waals surface area contributed by atoms with Crippen LogP contribution in [0.5, 0.6) is 11.8 Å². The van der Waals surface area contributed by atoms with Crippen molar-refractivity contribution in [3.8, 4) is 35.4 Å². The van der Waals surface area contributed by atoms with Crippen molar-refractivity contribution in [1.29, 1.82) is 0 Å². The Balaban J connectivity index is 1.12. The quantitative estimate of drug-likeness (QED) is 0.104. The van der Waals surface area contributed by atoms with Crippen LogP contribution in [0, 0.1) is 24.0 Å². The fourth-order valence-electron chi connectivity index (χ4n) is 8.95. The zero-order valence-corrected chi connectivity index (χ0v) is 31.5. The number of anilines is 1. The molecule has 5 aromatic rings. The van der Waals surface area contributed by atoms with Crippen LogP contribution in [0.3, 0.4) is 0 Å². The van der Waals surface area contributed by atoms with Gasteiger partial charge in [0.15, 0.2) is 11.6 Å². The largest absolute Gasteiger partial charge is 0.508 e. The topological polar surface area (TPSA) is 108 Å². The van der Waals surface area contributed by atoms with Gasteiger partial charge in [-0.05, 0) is 71.7 Å². The molecule has 2 bridgehead atoms. The summed E-state index contributed by atoms with van der Waals surface area (Å²) in [5.41, 5.74) is -0.959. The Kier molecular flexibility index (Phi) is 8.93. The number of phenols is 1. The number of fused-ring (bicyclic) bond motifs is 5. The van der Waals surface area contributed by atoms with Gasteiger partial charge in [-0.3, -0.25) is 14.7 Å². The number of carbonyl (C=O) groups is 1. The average molecular weight is 835 g/mol. The molecule has 4 saturated heterocycles. The van der Waals surface area contributed by atoms with E-state index in [2.05, 4.69) is 41.7 Å². The van der Waals surface area contributed by atoms with Crippen molar-refractivity contribution in [3.63, 3.8) is 0 Å². The Hall–Kier alpha value is -4.85. The lowest BCUT2D eigenvalue weighted by atomic mass is 9.95. The van der Waals surface area contributed by atoms with E-state index in [1.165, 1.54) is 41.8 Å². The van der Waals surface area contributed by atoms with Crippen LogP contribution in [0.2, 0.25) is 0 Å². The van der Waals surface area contributed by atoms with Gasteiger partial charge in [-0.15, -0.1) is 17.8 Å². The van der Waals surface area contributed by atoms with E-state index >= 15 is 8.78 Å². The van der Waals surface area contributed by atoms with Gasteiger partial charge < -0.3 is 19.6 Å². The number of ether oxygens (including phenoxy) is 1. The first kappa shape index (κ1) is 35.8. The second-order valence-electron chi connectivity index (χ2n) is 14.5. The first-order valence-electron chi connectivity index (χ1n) is 17.9. The Morgan fingerprint density at radius 3 is 2.71 bits per heavy atom. The van der Waals surface area contributed by atoms with Crippen LogP contribution in [0.15, 0.2) is 46.3 Å². The molecule has 4 aliphatic rings. The molecule has 282 valence electrons. The zero-order chi connectivity index (χ0) is 38.2. The number of thiazole rings is 1. The number of pyridine rings is 1. The third kappa shape index (κ3) is 6.16. The normalized spacial score (nSPS) is 23.9. The van der Waals surface area contributed by atoms with E-state index in [1.807, 2.05) is 4.90 Å². The molecule has 4 aliphatic heterocycles. The number of alkyl halides is 1. The van der Waals surface area contributed by atoms with Crippen LogP contribution in [-0.4, -0.2) is 97.3 Å². The van der Waals surface area contributed by atoms with Crippen LogP contribution in [0.1, 0.15) is 42.7 Å². The number of carbonyl (C=O) groups excluding carboxylic acids is 1. The lowest BCUT2D eigenvalue weighted by Gasteiger charge is -2.41. The summed E-state index contributed by atoms with van der Waals surface area (Å²) in [6.45, 7) is 1.68. The van der Waals surface area contributed by atoms with E-state index in [4.69, 9.17) is 16.1 Å². The monoisotopic (exact) mass is 833 g/mol. The van der Waals surface area contributed by atoms with Crippen molar-refractivity contribution in [2.45, 2.75) is 55.9 Å². The first-order chi connectivity index (χ1) is 26.5. The van der Waals surface area contributed by atoms with Gasteiger partial charge >= 0.3 is 6.01 Å². The molecule has 4 atom stereocenters. The van der Waals surface area contributed by atoms with Gasteiger partial charge in [0.1, 0.15) is 51.0 Å². The molecule has 16 heteroatoms. The van der Waals surface area contributed by atoms with Crippen molar-refractivity contribution < 1.29 is 32.2 Å². The van der Waals surface area contributed by atoms with Crippen LogP contribution in [0.25, 0.3) is 39.0 Å². The minimum absolute atomic E-state index is 0.0651. The molecule has 1 amide bonds. The van der Waals surface area contributed by atoms with Crippen LogP contribution in [0.4, 0.5) is 23.4 Å². The first-order valence-corrected chi connectivity index (χ1v) is 19.6. The molecule has 1 N–H and O–H groups in total. The number of piperazine rings is 1. The van der Waals surface area contributed by atoms with Crippen molar-refractivity contribution in [1.82, 2.24) is 29.7 Å². The van der Waals surface area contributed by atoms with Gasteiger partial charge in [-0.2, -0.15) is 9.97 Å². The summed E-state index contributed by atoms with van der Waals surface area (Å²) in [5, 5.41) is 13.5. The maximum absolute atomic E-state index is 17.1. The number of phenolic OH excluding ortho intramolecular Hbond substituents is 1. The van der Waals surface area contributed by atoms with Gasteiger partial charge in [-0.1, -0.05) is 12.0 Å². The number of nitrogens with zero attached hydrogens (tertiary/aromatic N) is 7. The van der Waals surface area contributed by atoms with E-state index in [1.54, 1.807) is 10.3 Å². The molecule has 0 unspecified atom stereocenters. The second kappa shape index (κ2) is 13.7. The fourth-order valence-corrected chi connectivity index (χ4v) is 10.1. The van der Waals surface area contributed by atoms with Gasteiger partial charge in [0.25, 0.3) is 5.91 Å². The van der Waals surface area contributed by atoms with Gasteiger partial charge in [0.05, 0.1) is 28.6 Å². The molecular formula is C39H32BrF4N7O3S. The van der Waals surface area contributed by atoms with E-state index in [0.29, 0.717) is 46.6 Å². The van der Waals surface area contributed by atoms with Crippen molar-refractivity contribution >= 4 is 66.7 Å². The number of terminal acetylenes is 1. The molecule has 55 heavy (non-hydrogen) atoms. The molecule has 0 spiro atoms. The molecule has 7 heterocycles. The lowest BCUT2D eigenvalue weighted by Crippen LogP contribution is -2.56. The third-order valence-electron chi connectivity index (χ3n) is 11.3. The summed E-state index contributed by atoms with van der Waals surface area (Å²) >= 11 is 4.45. The lowest BCUT2D eigenvalue weighted by molar-refractivity contribution is -0.131. The van der Waals surface area contributed by atoms with Crippen LogP contribution >= 0.6 is 27.3 Å². The van der Waals surface area contributed by atoms with E-state index in [-0.39, 0.29) is 76.7 Å². The molecule has 2 aromatic carbocycles. The predicted molar refractivity (Wildman–Crippen MR) is 203 cm³/mol. The number of benzene rings is 2. The van der Waals surface area contributed by atoms with E-state index in [0.717, 1.165) is 25.5 Å². The Labute approximate surface area is 325 Å². The summed E-state index contributed by atoms with van der Waals surface area (Å²) in [7, 11) is 0.